The number of methoxy groups -OCH3 is 1. The Kier molecular flexibility index (Phi) is 7.02. The lowest BCUT2D eigenvalue weighted by atomic mass is 9.80. The van der Waals surface area contributed by atoms with Gasteiger partial charge >= 0.3 is 5.97 Å². The van der Waals surface area contributed by atoms with Crippen LogP contribution in [0.3, 0.4) is 0 Å². The highest BCUT2D eigenvalue weighted by atomic mass is 35.5. The molecule has 2 aromatic rings. The maximum absolute atomic E-state index is 14.0. The predicted molar refractivity (Wildman–Crippen MR) is 137 cm³/mol. The highest BCUT2D eigenvalue weighted by Crippen LogP contribution is 2.46. The van der Waals surface area contributed by atoms with Gasteiger partial charge in [0.2, 0.25) is 0 Å². The molecule has 4 rings (SSSR count). The third-order valence-electron chi connectivity index (χ3n) is 6.83. The molecule has 8 heteroatoms. The van der Waals surface area contributed by atoms with Crippen molar-refractivity contribution in [3.8, 4) is 0 Å². The van der Waals surface area contributed by atoms with E-state index in [0.29, 0.717) is 46.3 Å². The fourth-order valence-electron chi connectivity index (χ4n) is 4.89. The van der Waals surface area contributed by atoms with Crippen LogP contribution >= 0.6 is 23.2 Å². The zero-order valence-corrected chi connectivity index (χ0v) is 22.1. The van der Waals surface area contributed by atoms with Crippen molar-refractivity contribution in [2.45, 2.75) is 58.3 Å². The number of benzene rings is 2. The molecule has 2 aliphatic heterocycles. The zero-order chi connectivity index (χ0) is 25.5. The van der Waals surface area contributed by atoms with Crippen LogP contribution in [0, 0.1) is 5.41 Å². The average Bonchev–Trinajstić information content (AvgIpc) is 3.08. The molecule has 6 nitrogen and oxygen atoms in total. The highest BCUT2D eigenvalue weighted by molar-refractivity contribution is 6.47. The first-order chi connectivity index (χ1) is 16.4. The monoisotopic (exact) mass is 516 g/mol. The largest absolute Gasteiger partial charge is 0.465 e. The van der Waals surface area contributed by atoms with E-state index < -0.39 is 11.6 Å². The van der Waals surface area contributed by atoms with Crippen molar-refractivity contribution >= 4 is 40.8 Å². The quantitative estimate of drug-likeness (QED) is 0.460. The SMILES string of the molecule is COC(=O)c1ccc(C(C)N2C(=O)C(c3cc(Cl)cc(Cl)c3)=NC23CCOC(C(C)(C)C)C3)cc1. The van der Waals surface area contributed by atoms with Gasteiger partial charge in [-0.1, -0.05) is 56.1 Å². The lowest BCUT2D eigenvalue weighted by Crippen LogP contribution is -2.55. The van der Waals surface area contributed by atoms with Crippen molar-refractivity contribution in [1.82, 2.24) is 4.90 Å². The summed E-state index contributed by atoms with van der Waals surface area (Å²) in [6.07, 6.45) is 1.07. The van der Waals surface area contributed by atoms with Crippen LogP contribution in [0.2, 0.25) is 10.0 Å². The van der Waals surface area contributed by atoms with E-state index in [1.54, 1.807) is 30.3 Å². The molecule has 2 heterocycles. The van der Waals surface area contributed by atoms with Gasteiger partial charge in [0.25, 0.3) is 5.91 Å². The molecule has 1 amide bonds. The fourth-order valence-corrected chi connectivity index (χ4v) is 5.42. The molecule has 0 bridgehead atoms. The van der Waals surface area contributed by atoms with Gasteiger partial charge in [-0.3, -0.25) is 9.79 Å². The van der Waals surface area contributed by atoms with Gasteiger partial charge in [0.15, 0.2) is 0 Å². The lowest BCUT2D eigenvalue weighted by molar-refractivity contribution is -0.144. The van der Waals surface area contributed by atoms with E-state index in [9.17, 15) is 9.59 Å². The summed E-state index contributed by atoms with van der Waals surface area (Å²) in [7, 11) is 1.35. The van der Waals surface area contributed by atoms with E-state index >= 15 is 0 Å². The van der Waals surface area contributed by atoms with E-state index in [0.717, 1.165) is 5.56 Å². The number of rotatable bonds is 4. The number of nitrogens with zero attached hydrogens (tertiary/aromatic N) is 2. The first-order valence-electron chi connectivity index (χ1n) is 11.6. The van der Waals surface area contributed by atoms with Crippen LogP contribution < -0.4 is 0 Å². The van der Waals surface area contributed by atoms with Crippen molar-refractivity contribution in [1.29, 1.82) is 0 Å². The summed E-state index contributed by atoms with van der Waals surface area (Å²) in [5.41, 5.74) is 1.41. The average molecular weight is 517 g/mol. The molecule has 0 radical (unpaired) electrons. The van der Waals surface area contributed by atoms with Gasteiger partial charge in [-0.2, -0.15) is 0 Å². The second-order valence-electron chi connectivity index (χ2n) is 10.2. The minimum absolute atomic E-state index is 0.0773. The molecule has 1 saturated heterocycles. The zero-order valence-electron chi connectivity index (χ0n) is 20.6. The van der Waals surface area contributed by atoms with Gasteiger partial charge < -0.3 is 14.4 Å². The third kappa shape index (κ3) is 4.97. The molecule has 3 atom stereocenters. The number of hydrogen-bond acceptors (Lipinski definition) is 5. The summed E-state index contributed by atoms with van der Waals surface area (Å²) in [5.74, 6) is -0.582. The van der Waals surface area contributed by atoms with Crippen molar-refractivity contribution in [2.24, 2.45) is 10.4 Å². The first kappa shape index (κ1) is 25.7. The Morgan fingerprint density at radius 2 is 1.80 bits per heavy atom. The molecule has 186 valence electrons. The summed E-state index contributed by atoms with van der Waals surface area (Å²) in [4.78, 5) is 32.8. The Bertz CT molecular complexity index is 1150. The summed E-state index contributed by atoms with van der Waals surface area (Å²) in [5, 5.41) is 0.892. The Morgan fingerprint density at radius 1 is 1.17 bits per heavy atom. The Labute approximate surface area is 216 Å². The van der Waals surface area contributed by atoms with Crippen LogP contribution in [0.15, 0.2) is 47.5 Å². The van der Waals surface area contributed by atoms with E-state index in [2.05, 4.69) is 20.8 Å². The number of aliphatic imine (C=N–C) groups is 1. The second-order valence-corrected chi connectivity index (χ2v) is 11.1. The van der Waals surface area contributed by atoms with Crippen LogP contribution in [-0.2, 0) is 14.3 Å². The van der Waals surface area contributed by atoms with Crippen LogP contribution in [0.5, 0.6) is 0 Å². The fraction of sp³-hybridized carbons (Fsp3) is 0.444. The number of carbonyl (C=O) groups is 2. The maximum Gasteiger partial charge on any atom is 0.337 e. The molecule has 2 aliphatic rings. The van der Waals surface area contributed by atoms with E-state index in [-0.39, 0.29) is 23.5 Å². The molecular weight excluding hydrogens is 487 g/mol. The van der Waals surface area contributed by atoms with Crippen molar-refractivity contribution in [2.75, 3.05) is 13.7 Å². The van der Waals surface area contributed by atoms with Gasteiger partial charge in [0.05, 0.1) is 31.4 Å². The van der Waals surface area contributed by atoms with Crippen LogP contribution in [-0.4, -0.2) is 48.0 Å². The van der Waals surface area contributed by atoms with Crippen LogP contribution in [0.4, 0.5) is 0 Å². The van der Waals surface area contributed by atoms with Crippen molar-refractivity contribution in [3.05, 3.63) is 69.2 Å². The van der Waals surface area contributed by atoms with Gasteiger partial charge in [-0.15, -0.1) is 0 Å². The number of hydrogen-bond donors (Lipinski definition) is 0. The number of ether oxygens (including phenoxy) is 2. The molecule has 0 saturated carbocycles. The van der Waals surface area contributed by atoms with Gasteiger partial charge in [0, 0.05) is 28.5 Å². The molecular formula is C27H30Cl2N2O4. The van der Waals surface area contributed by atoms with Gasteiger partial charge in [-0.05, 0) is 48.2 Å². The van der Waals surface area contributed by atoms with E-state index in [1.807, 2.05) is 24.0 Å². The molecule has 0 aromatic heterocycles. The van der Waals surface area contributed by atoms with Crippen LogP contribution in [0.25, 0.3) is 0 Å². The number of carbonyl (C=O) groups excluding carboxylic acids is 2. The molecule has 0 aliphatic carbocycles. The van der Waals surface area contributed by atoms with Gasteiger partial charge in [0.1, 0.15) is 11.4 Å². The Hall–Kier alpha value is -2.41. The third-order valence-corrected chi connectivity index (χ3v) is 7.26. The summed E-state index contributed by atoms with van der Waals surface area (Å²) in [6, 6.07) is 11.9. The molecule has 35 heavy (non-hydrogen) atoms. The smallest absolute Gasteiger partial charge is 0.337 e. The van der Waals surface area contributed by atoms with Crippen molar-refractivity contribution in [3.63, 3.8) is 0 Å². The minimum Gasteiger partial charge on any atom is -0.465 e. The summed E-state index contributed by atoms with van der Waals surface area (Å²) in [6.45, 7) is 8.88. The van der Waals surface area contributed by atoms with Crippen LogP contribution in [0.1, 0.15) is 68.1 Å². The standard InChI is InChI=1S/C27H30Cl2N2O4/c1-16(17-6-8-18(9-7-17)25(33)34-5)31-24(32)23(19-12-20(28)14-21(29)13-19)30-27(31)10-11-35-22(15-27)26(2,3)4/h6-9,12-14,16,22H,10-11,15H2,1-5H3. The topological polar surface area (TPSA) is 68.2 Å². The minimum atomic E-state index is -0.766. The molecule has 0 N–H and O–H groups in total. The second kappa shape index (κ2) is 9.57. The van der Waals surface area contributed by atoms with Crippen molar-refractivity contribution < 1.29 is 19.1 Å². The summed E-state index contributed by atoms with van der Waals surface area (Å²) < 4.78 is 10.9. The highest BCUT2D eigenvalue weighted by Gasteiger charge is 2.53. The lowest BCUT2D eigenvalue weighted by Gasteiger charge is -2.47. The van der Waals surface area contributed by atoms with E-state index in [1.165, 1.54) is 7.11 Å². The maximum atomic E-state index is 14.0. The molecule has 1 spiro atoms. The first-order valence-corrected chi connectivity index (χ1v) is 12.4. The molecule has 3 unspecified atom stereocenters. The Morgan fingerprint density at radius 3 is 2.37 bits per heavy atom. The van der Waals surface area contributed by atoms with Gasteiger partial charge in [-0.25, -0.2) is 4.79 Å². The number of amides is 1. The Balaban J connectivity index is 1.78. The number of halogens is 2. The molecule has 2 aromatic carbocycles. The number of esters is 1. The predicted octanol–water partition coefficient (Wildman–Crippen LogP) is 6.09. The molecule has 1 fully saturated rings. The van der Waals surface area contributed by atoms with E-state index in [4.69, 9.17) is 37.7 Å². The normalized spacial score (nSPS) is 23.4. The summed E-state index contributed by atoms with van der Waals surface area (Å²) >= 11 is 12.5.